The first-order chi connectivity index (χ1) is 8.53. The van der Waals surface area contributed by atoms with Crippen LogP contribution in [-0.4, -0.2) is 50.6 Å². The normalized spacial score (nSPS) is 14.5. The molecule has 0 bridgehead atoms. The Morgan fingerprint density at radius 3 is 2.11 bits per heavy atom. The molecule has 0 saturated carbocycles. The summed E-state index contributed by atoms with van der Waals surface area (Å²) in [5, 5.41) is 19.2. The van der Waals surface area contributed by atoms with Crippen molar-refractivity contribution in [1.29, 1.82) is 0 Å². The molecule has 19 heavy (non-hydrogen) atoms. The molecule has 7 nitrogen and oxygen atoms in total. The first-order valence-corrected chi connectivity index (χ1v) is 6.71. The number of thioether (sulfide) groups is 1. The molecule has 8 heteroatoms. The van der Waals surface area contributed by atoms with Gasteiger partial charge >= 0.3 is 11.9 Å². The monoisotopic (exact) mass is 292 g/mol. The van der Waals surface area contributed by atoms with Gasteiger partial charge in [-0.2, -0.15) is 0 Å². The van der Waals surface area contributed by atoms with Crippen molar-refractivity contribution >= 4 is 29.6 Å². The Balaban J connectivity index is 4.39. The van der Waals surface area contributed by atoms with Gasteiger partial charge in [0.25, 0.3) is 0 Å². The molecule has 0 heterocycles. The highest BCUT2D eigenvalue weighted by Crippen LogP contribution is 2.16. The van der Waals surface area contributed by atoms with Crippen LogP contribution in [-0.2, 0) is 14.4 Å². The first kappa shape index (κ1) is 17.7. The van der Waals surface area contributed by atoms with Gasteiger partial charge in [-0.25, -0.2) is 0 Å². The maximum absolute atomic E-state index is 11.6. The van der Waals surface area contributed by atoms with Gasteiger partial charge in [-0.05, 0) is 20.8 Å². The van der Waals surface area contributed by atoms with E-state index in [1.807, 2.05) is 0 Å². The summed E-state index contributed by atoms with van der Waals surface area (Å²) >= 11 is 0.854. The Morgan fingerprint density at radius 1 is 1.21 bits per heavy atom. The van der Waals surface area contributed by atoms with E-state index >= 15 is 0 Å². The molecule has 0 radical (unpaired) electrons. The second-order valence-electron chi connectivity index (χ2n) is 5.11. The number of nitrogens with one attached hydrogen (secondary N) is 1. The summed E-state index contributed by atoms with van der Waals surface area (Å²) in [6.07, 6.45) is -0.219. The van der Waals surface area contributed by atoms with E-state index in [-0.39, 0.29) is 12.2 Å². The van der Waals surface area contributed by atoms with Crippen LogP contribution in [0.1, 0.15) is 27.2 Å². The van der Waals surface area contributed by atoms with Gasteiger partial charge in [0, 0.05) is 17.7 Å². The highest BCUT2D eigenvalue weighted by atomic mass is 32.2. The maximum atomic E-state index is 11.6. The predicted octanol–water partition coefficient (Wildman–Crippen LogP) is -0.110. The van der Waals surface area contributed by atoms with Gasteiger partial charge in [-0.3, -0.25) is 14.4 Å². The van der Waals surface area contributed by atoms with Crippen LogP contribution in [0.5, 0.6) is 0 Å². The number of amides is 1. The summed E-state index contributed by atoms with van der Waals surface area (Å²) in [5.41, 5.74) is 4.84. The Hall–Kier alpha value is -1.28. The minimum atomic E-state index is -1.20. The third-order valence-corrected chi connectivity index (χ3v) is 3.28. The molecular weight excluding hydrogens is 272 g/mol. The van der Waals surface area contributed by atoms with Gasteiger partial charge in [0.1, 0.15) is 11.3 Å². The lowest BCUT2D eigenvalue weighted by molar-refractivity contribution is -0.139. The number of rotatable bonds is 7. The third kappa shape index (κ3) is 8.44. The van der Waals surface area contributed by atoms with E-state index in [0.717, 1.165) is 11.8 Å². The Morgan fingerprint density at radius 2 is 1.74 bits per heavy atom. The fourth-order valence-corrected chi connectivity index (χ4v) is 2.14. The topological polar surface area (TPSA) is 130 Å². The van der Waals surface area contributed by atoms with Crippen molar-refractivity contribution in [1.82, 2.24) is 5.32 Å². The van der Waals surface area contributed by atoms with Crippen LogP contribution < -0.4 is 11.1 Å². The molecule has 0 aliphatic rings. The predicted molar refractivity (Wildman–Crippen MR) is 72.0 cm³/mol. The zero-order valence-corrected chi connectivity index (χ0v) is 12.0. The van der Waals surface area contributed by atoms with E-state index in [2.05, 4.69) is 5.32 Å². The maximum Gasteiger partial charge on any atom is 0.321 e. The number of hydrogen-bond donors (Lipinski definition) is 4. The number of carboxylic acids is 2. The molecule has 2 unspecified atom stereocenters. The summed E-state index contributed by atoms with van der Waals surface area (Å²) in [6.45, 7) is 5.36. The van der Waals surface area contributed by atoms with Gasteiger partial charge in [0.2, 0.25) is 5.91 Å². The zero-order chi connectivity index (χ0) is 15.2. The Labute approximate surface area is 115 Å². The quantitative estimate of drug-likeness (QED) is 0.515. The van der Waals surface area contributed by atoms with E-state index < -0.39 is 34.7 Å². The van der Waals surface area contributed by atoms with Crippen molar-refractivity contribution in [2.45, 2.75) is 44.0 Å². The van der Waals surface area contributed by atoms with Crippen molar-refractivity contribution in [3.63, 3.8) is 0 Å². The summed E-state index contributed by atoms with van der Waals surface area (Å²) in [5.74, 6) is -2.81. The molecule has 110 valence electrons. The average Bonchev–Trinajstić information content (AvgIpc) is 2.20. The molecule has 0 aromatic rings. The van der Waals surface area contributed by atoms with E-state index in [1.54, 1.807) is 20.8 Å². The summed E-state index contributed by atoms with van der Waals surface area (Å²) in [7, 11) is 0. The molecule has 1 amide bonds. The van der Waals surface area contributed by atoms with Crippen LogP contribution in [0.3, 0.4) is 0 Å². The molecule has 0 rings (SSSR count). The van der Waals surface area contributed by atoms with Crippen LogP contribution in [0.4, 0.5) is 0 Å². The zero-order valence-electron chi connectivity index (χ0n) is 11.2. The molecule has 0 aliphatic carbocycles. The highest BCUT2D eigenvalue weighted by molar-refractivity contribution is 8.00. The molecule has 0 fully saturated rings. The third-order valence-electron chi connectivity index (χ3n) is 1.95. The van der Waals surface area contributed by atoms with Gasteiger partial charge in [0.05, 0.1) is 0 Å². The molecule has 2 atom stereocenters. The minimum Gasteiger partial charge on any atom is -0.480 e. The number of aliphatic carboxylic acids is 2. The fraction of sp³-hybridized carbons (Fsp3) is 0.727. The summed E-state index contributed by atoms with van der Waals surface area (Å²) < 4.78 is 0. The van der Waals surface area contributed by atoms with Crippen LogP contribution >= 0.6 is 11.8 Å². The van der Waals surface area contributed by atoms with Crippen molar-refractivity contribution in [2.24, 2.45) is 5.73 Å². The lowest BCUT2D eigenvalue weighted by Gasteiger charge is -2.22. The first-order valence-electron chi connectivity index (χ1n) is 5.66. The van der Waals surface area contributed by atoms with Crippen molar-refractivity contribution in [2.75, 3.05) is 5.75 Å². The van der Waals surface area contributed by atoms with Gasteiger partial charge in [-0.1, -0.05) is 0 Å². The number of carbonyl (C=O) groups is 3. The molecular formula is C11H20N2O5S. The van der Waals surface area contributed by atoms with Crippen LogP contribution in [0, 0.1) is 0 Å². The second kappa shape index (κ2) is 7.34. The largest absolute Gasteiger partial charge is 0.480 e. The standard InChI is InChI=1S/C11H20N2O5S/c1-11(2,3)13-8(14)4-7(10(17)18)19-5-6(12)9(15)16/h6-7H,4-5,12H2,1-3H3,(H,13,14)(H,15,16)(H,17,18). The smallest absolute Gasteiger partial charge is 0.321 e. The molecule has 5 N–H and O–H groups in total. The van der Waals surface area contributed by atoms with E-state index in [4.69, 9.17) is 15.9 Å². The average molecular weight is 292 g/mol. The van der Waals surface area contributed by atoms with Gasteiger partial charge in [0.15, 0.2) is 0 Å². The van der Waals surface area contributed by atoms with Crippen LogP contribution in [0.25, 0.3) is 0 Å². The molecule has 0 aromatic carbocycles. The van der Waals surface area contributed by atoms with Crippen LogP contribution in [0.15, 0.2) is 0 Å². The lowest BCUT2D eigenvalue weighted by atomic mass is 10.1. The Bertz CT molecular complexity index is 353. The fourth-order valence-electron chi connectivity index (χ4n) is 1.15. The van der Waals surface area contributed by atoms with Crippen molar-refractivity contribution in [3.05, 3.63) is 0 Å². The van der Waals surface area contributed by atoms with E-state index in [9.17, 15) is 14.4 Å². The number of carbonyl (C=O) groups excluding carboxylic acids is 1. The number of nitrogens with two attached hydrogens (primary N) is 1. The second-order valence-corrected chi connectivity index (χ2v) is 6.34. The SMILES string of the molecule is CC(C)(C)NC(=O)CC(SCC(N)C(=O)O)C(=O)O. The van der Waals surface area contributed by atoms with E-state index in [0.29, 0.717) is 0 Å². The number of carboxylic acid groups (broad SMARTS) is 2. The van der Waals surface area contributed by atoms with Gasteiger partial charge in [-0.15, -0.1) is 11.8 Å². The minimum absolute atomic E-state index is 0.0604. The van der Waals surface area contributed by atoms with Crippen LogP contribution in [0.2, 0.25) is 0 Å². The van der Waals surface area contributed by atoms with Crippen molar-refractivity contribution < 1.29 is 24.6 Å². The molecule has 0 aromatic heterocycles. The number of hydrogen-bond acceptors (Lipinski definition) is 5. The Kier molecular flexibility index (Phi) is 6.85. The molecule has 0 saturated heterocycles. The van der Waals surface area contributed by atoms with E-state index in [1.165, 1.54) is 0 Å². The van der Waals surface area contributed by atoms with Crippen molar-refractivity contribution in [3.8, 4) is 0 Å². The molecule has 0 aliphatic heterocycles. The lowest BCUT2D eigenvalue weighted by Crippen LogP contribution is -2.42. The van der Waals surface area contributed by atoms with Gasteiger partial charge < -0.3 is 21.3 Å². The highest BCUT2D eigenvalue weighted by Gasteiger charge is 2.25. The molecule has 0 spiro atoms. The summed E-state index contributed by atoms with van der Waals surface area (Å²) in [6, 6.07) is -1.14. The summed E-state index contributed by atoms with van der Waals surface area (Å²) in [4.78, 5) is 33.1.